The molecule has 0 saturated carbocycles. The fourth-order valence-corrected chi connectivity index (χ4v) is 6.17. The minimum atomic E-state index is -0.807. The van der Waals surface area contributed by atoms with Crippen LogP contribution < -0.4 is 0 Å². The summed E-state index contributed by atoms with van der Waals surface area (Å²) >= 11 is 0. The van der Waals surface area contributed by atoms with E-state index in [4.69, 9.17) is 9.47 Å². The smallest absolute Gasteiger partial charge is 0.306 e. The van der Waals surface area contributed by atoms with Crippen molar-refractivity contribution in [3.63, 3.8) is 0 Å². The number of hydrogen-bond acceptors (Lipinski definition) is 6. The highest BCUT2D eigenvalue weighted by atomic mass is 16.6. The van der Waals surface area contributed by atoms with Gasteiger partial charge in [0.15, 0.2) is 6.10 Å². The molecule has 0 heterocycles. The summed E-state index contributed by atoms with van der Waals surface area (Å²) in [6.45, 7) is 6.26. The van der Waals surface area contributed by atoms with Crippen molar-refractivity contribution in [3.8, 4) is 0 Å². The van der Waals surface area contributed by atoms with Gasteiger partial charge < -0.3 is 19.7 Å². The van der Waals surface area contributed by atoms with Crippen LogP contribution in [0.3, 0.4) is 0 Å². The second kappa shape index (κ2) is 41.7. The molecule has 6 nitrogen and oxygen atoms in total. The van der Waals surface area contributed by atoms with Crippen LogP contribution in [-0.2, 0) is 19.1 Å². The summed E-state index contributed by atoms with van der Waals surface area (Å²) in [5.41, 5.74) is 0. The van der Waals surface area contributed by atoms with Crippen molar-refractivity contribution in [3.05, 3.63) is 60.8 Å². The topological polar surface area (TPSA) is 93.1 Å². The summed E-state index contributed by atoms with van der Waals surface area (Å²) in [7, 11) is 0. The molecule has 0 aromatic carbocycles. The monoisotopic (exact) mass is 757 g/mol. The van der Waals surface area contributed by atoms with E-state index in [1.807, 2.05) is 37.3 Å². The highest BCUT2D eigenvalue weighted by Gasteiger charge is 2.16. The first-order valence-electron chi connectivity index (χ1n) is 22.3. The number of aliphatic hydroxyl groups is 2. The standard InChI is InChI=1S/C48H84O6/c1-4-6-38-45(50)39-34-30-26-22-18-15-16-19-23-27-31-35-40-47(51)53-43-46(42-49)54-48(52)41-36-32-28-24-20-14-12-10-8-7-9-11-13-17-21-25-29-33-37-44(3)5-2/h6,15-16,22-23,26-27,30,34,38,44-46,49-50H,4-5,7-14,17-21,24-25,28-29,31-33,35-37,39-43H2,1-3H3/b16-15-,26-22-,27-23-,34-30+,38-6-/t44?,45?,46-/m0/s1. The first kappa shape index (κ1) is 51.6. The summed E-state index contributed by atoms with van der Waals surface area (Å²) in [6.07, 6.45) is 50.6. The van der Waals surface area contributed by atoms with Crippen molar-refractivity contribution in [1.82, 2.24) is 0 Å². The van der Waals surface area contributed by atoms with Gasteiger partial charge in [-0.1, -0.05) is 204 Å². The van der Waals surface area contributed by atoms with E-state index < -0.39 is 12.2 Å². The van der Waals surface area contributed by atoms with Crippen LogP contribution in [0.5, 0.6) is 0 Å². The number of unbranched alkanes of at least 4 members (excludes halogenated alkanes) is 18. The lowest BCUT2D eigenvalue weighted by atomic mass is 9.99. The molecule has 312 valence electrons. The Kier molecular flexibility index (Phi) is 39.8. The maximum absolute atomic E-state index is 12.2. The van der Waals surface area contributed by atoms with Crippen LogP contribution in [0.2, 0.25) is 0 Å². The Morgan fingerprint density at radius 1 is 0.593 bits per heavy atom. The number of carbonyl (C=O) groups excluding carboxylic acids is 2. The number of esters is 2. The van der Waals surface area contributed by atoms with Gasteiger partial charge in [-0.15, -0.1) is 0 Å². The Morgan fingerprint density at radius 3 is 1.65 bits per heavy atom. The third-order valence-electron chi connectivity index (χ3n) is 9.94. The molecule has 0 fully saturated rings. The largest absolute Gasteiger partial charge is 0.462 e. The predicted molar refractivity (Wildman–Crippen MR) is 229 cm³/mol. The molecule has 3 atom stereocenters. The van der Waals surface area contributed by atoms with Crippen molar-refractivity contribution in [2.45, 2.75) is 213 Å². The minimum absolute atomic E-state index is 0.108. The summed E-state index contributed by atoms with van der Waals surface area (Å²) in [4.78, 5) is 24.3. The first-order valence-corrected chi connectivity index (χ1v) is 22.3. The van der Waals surface area contributed by atoms with Crippen molar-refractivity contribution in [1.29, 1.82) is 0 Å². The van der Waals surface area contributed by atoms with Crippen LogP contribution in [0, 0.1) is 5.92 Å². The van der Waals surface area contributed by atoms with Crippen molar-refractivity contribution in [2.75, 3.05) is 13.2 Å². The second-order valence-corrected chi connectivity index (χ2v) is 15.2. The molecule has 0 amide bonds. The highest BCUT2D eigenvalue weighted by Crippen LogP contribution is 2.17. The number of carbonyl (C=O) groups is 2. The van der Waals surface area contributed by atoms with Crippen LogP contribution in [0.1, 0.15) is 201 Å². The highest BCUT2D eigenvalue weighted by molar-refractivity contribution is 5.70. The van der Waals surface area contributed by atoms with Gasteiger partial charge in [-0.2, -0.15) is 0 Å². The van der Waals surface area contributed by atoms with Crippen molar-refractivity contribution >= 4 is 11.9 Å². The van der Waals surface area contributed by atoms with Crippen molar-refractivity contribution in [2.24, 2.45) is 5.92 Å². The van der Waals surface area contributed by atoms with Gasteiger partial charge in [-0.25, -0.2) is 0 Å². The van der Waals surface area contributed by atoms with E-state index in [0.717, 1.165) is 50.9 Å². The maximum Gasteiger partial charge on any atom is 0.306 e. The second-order valence-electron chi connectivity index (χ2n) is 15.2. The summed E-state index contributed by atoms with van der Waals surface area (Å²) in [5, 5.41) is 19.3. The van der Waals surface area contributed by atoms with E-state index >= 15 is 0 Å². The van der Waals surface area contributed by atoms with Gasteiger partial charge in [0, 0.05) is 12.8 Å². The fourth-order valence-electron chi connectivity index (χ4n) is 6.17. The number of allylic oxidation sites excluding steroid dienone is 8. The molecule has 0 saturated heterocycles. The molecule has 0 spiro atoms. The zero-order valence-electron chi connectivity index (χ0n) is 35.2. The molecule has 0 aliphatic carbocycles. The molecule has 0 rings (SSSR count). The molecule has 0 aromatic rings. The zero-order chi connectivity index (χ0) is 39.6. The summed E-state index contributed by atoms with van der Waals surface area (Å²) < 4.78 is 10.6. The van der Waals surface area contributed by atoms with Crippen LogP contribution in [0.25, 0.3) is 0 Å². The number of rotatable bonds is 39. The molecule has 0 bridgehead atoms. The van der Waals surface area contributed by atoms with Gasteiger partial charge >= 0.3 is 11.9 Å². The van der Waals surface area contributed by atoms with Gasteiger partial charge in [-0.3, -0.25) is 9.59 Å². The molecule has 2 unspecified atom stereocenters. The molecule has 54 heavy (non-hydrogen) atoms. The SMILES string of the molecule is CC/C=C\C(O)C/C=C/C=C\C/C=C\C/C=C\CCCC(=O)OC[C@H](CO)OC(=O)CCCCCCCCCCCCCCCCCCCCC(C)CC. The third-order valence-corrected chi connectivity index (χ3v) is 9.94. The average Bonchev–Trinajstić information content (AvgIpc) is 3.17. The quantitative estimate of drug-likeness (QED) is 0.0281. The molecular formula is C48H84O6. The normalized spacial score (nSPS) is 13.9. The zero-order valence-corrected chi connectivity index (χ0v) is 35.2. The van der Waals surface area contributed by atoms with Crippen LogP contribution in [-0.4, -0.2) is 47.6 Å². The Morgan fingerprint density at radius 2 is 1.09 bits per heavy atom. The first-order chi connectivity index (χ1) is 26.4. The number of ether oxygens (including phenoxy) is 2. The minimum Gasteiger partial charge on any atom is -0.462 e. The van der Waals surface area contributed by atoms with Crippen LogP contribution >= 0.6 is 0 Å². The summed E-state index contributed by atoms with van der Waals surface area (Å²) in [6, 6.07) is 0. The lowest BCUT2D eigenvalue weighted by molar-refractivity contribution is -0.161. The molecular weight excluding hydrogens is 673 g/mol. The van der Waals surface area contributed by atoms with E-state index in [2.05, 4.69) is 44.2 Å². The average molecular weight is 757 g/mol. The van der Waals surface area contributed by atoms with E-state index in [-0.39, 0.29) is 31.6 Å². The van der Waals surface area contributed by atoms with Gasteiger partial charge in [0.2, 0.25) is 0 Å². The molecule has 2 N–H and O–H groups in total. The molecule has 6 heteroatoms. The third kappa shape index (κ3) is 39.3. The van der Waals surface area contributed by atoms with Gasteiger partial charge in [0.1, 0.15) is 6.61 Å². The number of aliphatic hydroxyl groups excluding tert-OH is 2. The lowest BCUT2D eigenvalue weighted by Gasteiger charge is -2.15. The Bertz CT molecular complexity index is 980. The molecule has 0 aromatic heterocycles. The van der Waals surface area contributed by atoms with Gasteiger partial charge in [0.05, 0.1) is 12.7 Å². The van der Waals surface area contributed by atoms with E-state index in [9.17, 15) is 19.8 Å². The summed E-state index contributed by atoms with van der Waals surface area (Å²) in [5.74, 6) is 0.229. The molecule has 0 aliphatic heterocycles. The van der Waals surface area contributed by atoms with Crippen LogP contribution in [0.15, 0.2) is 60.8 Å². The van der Waals surface area contributed by atoms with Crippen molar-refractivity contribution < 1.29 is 29.3 Å². The van der Waals surface area contributed by atoms with E-state index in [1.165, 1.54) is 109 Å². The molecule has 0 aliphatic rings. The predicted octanol–water partition coefficient (Wildman–Crippen LogP) is 13.2. The lowest BCUT2D eigenvalue weighted by Crippen LogP contribution is -2.28. The number of hydrogen-bond donors (Lipinski definition) is 2. The Hall–Kier alpha value is -2.44. The Labute approximate surface area is 333 Å². The fraction of sp³-hybridized carbons (Fsp3) is 0.750. The van der Waals surface area contributed by atoms with E-state index in [1.54, 1.807) is 0 Å². The van der Waals surface area contributed by atoms with Gasteiger partial charge in [0.25, 0.3) is 0 Å². The molecule has 0 radical (unpaired) electrons. The van der Waals surface area contributed by atoms with Gasteiger partial charge in [-0.05, 0) is 50.9 Å². The maximum atomic E-state index is 12.2. The van der Waals surface area contributed by atoms with Crippen LogP contribution in [0.4, 0.5) is 0 Å². The van der Waals surface area contributed by atoms with E-state index in [0.29, 0.717) is 19.3 Å². The Balaban J connectivity index is 3.62.